The van der Waals surface area contributed by atoms with Crippen molar-refractivity contribution in [2.45, 2.75) is 39.3 Å². The van der Waals surface area contributed by atoms with Crippen molar-refractivity contribution in [2.24, 2.45) is 0 Å². The summed E-state index contributed by atoms with van der Waals surface area (Å²) >= 11 is 0. The number of rotatable bonds is 4. The zero-order valence-electron chi connectivity index (χ0n) is 10.2. The standard InChI is InChI=1S/C12H21N3O/c1-3-4-11-8-13-5-6-15(11)9-12-7-10(2)14-16-12/h7,11,13H,3-6,8-9H2,1-2H3. The van der Waals surface area contributed by atoms with Crippen LogP contribution in [0.25, 0.3) is 0 Å². The summed E-state index contributed by atoms with van der Waals surface area (Å²) in [5, 5.41) is 7.39. The molecule has 0 aromatic carbocycles. The first kappa shape index (κ1) is 11.6. The van der Waals surface area contributed by atoms with Crippen molar-refractivity contribution in [3.05, 3.63) is 17.5 Å². The monoisotopic (exact) mass is 223 g/mol. The fourth-order valence-electron chi connectivity index (χ4n) is 2.32. The average Bonchev–Trinajstić information content (AvgIpc) is 2.67. The predicted octanol–water partition coefficient (Wildman–Crippen LogP) is 1.56. The molecule has 1 saturated heterocycles. The number of hydrogen-bond acceptors (Lipinski definition) is 4. The summed E-state index contributed by atoms with van der Waals surface area (Å²) in [6, 6.07) is 2.68. The molecule has 1 aromatic rings. The van der Waals surface area contributed by atoms with Crippen LogP contribution in [0.1, 0.15) is 31.2 Å². The van der Waals surface area contributed by atoms with Crippen LogP contribution in [0.15, 0.2) is 10.6 Å². The molecule has 0 bridgehead atoms. The van der Waals surface area contributed by atoms with Crippen LogP contribution in [0, 0.1) is 6.92 Å². The van der Waals surface area contributed by atoms with Crippen molar-refractivity contribution in [3.8, 4) is 0 Å². The molecule has 4 nitrogen and oxygen atoms in total. The molecule has 4 heteroatoms. The molecule has 0 spiro atoms. The molecule has 1 fully saturated rings. The zero-order valence-corrected chi connectivity index (χ0v) is 10.2. The summed E-state index contributed by atoms with van der Waals surface area (Å²) < 4.78 is 5.28. The Labute approximate surface area is 97.0 Å². The summed E-state index contributed by atoms with van der Waals surface area (Å²) in [6.07, 6.45) is 2.48. The first-order valence-electron chi connectivity index (χ1n) is 6.16. The fourth-order valence-corrected chi connectivity index (χ4v) is 2.32. The van der Waals surface area contributed by atoms with Gasteiger partial charge in [0.2, 0.25) is 0 Å². The molecule has 2 rings (SSSR count). The summed E-state index contributed by atoms with van der Waals surface area (Å²) in [5.41, 5.74) is 0.970. The molecule has 1 atom stereocenters. The van der Waals surface area contributed by atoms with Gasteiger partial charge in [0.1, 0.15) is 0 Å². The van der Waals surface area contributed by atoms with Crippen molar-refractivity contribution in [1.82, 2.24) is 15.4 Å². The van der Waals surface area contributed by atoms with Gasteiger partial charge in [0.25, 0.3) is 0 Å². The SMILES string of the molecule is CCCC1CNCCN1Cc1cc(C)no1. The number of aromatic nitrogens is 1. The van der Waals surface area contributed by atoms with Crippen LogP contribution in [0.4, 0.5) is 0 Å². The Morgan fingerprint density at radius 3 is 3.19 bits per heavy atom. The van der Waals surface area contributed by atoms with Gasteiger partial charge in [0.15, 0.2) is 5.76 Å². The molecule has 0 saturated carbocycles. The molecule has 2 heterocycles. The van der Waals surface area contributed by atoms with Crippen LogP contribution >= 0.6 is 0 Å². The van der Waals surface area contributed by atoms with Crippen LogP contribution in [-0.2, 0) is 6.54 Å². The molecule has 1 N–H and O–H groups in total. The predicted molar refractivity (Wildman–Crippen MR) is 63.2 cm³/mol. The highest BCUT2D eigenvalue weighted by molar-refractivity contribution is 5.03. The van der Waals surface area contributed by atoms with Crippen LogP contribution < -0.4 is 5.32 Å². The van der Waals surface area contributed by atoms with Crippen LogP contribution in [0.5, 0.6) is 0 Å². The number of hydrogen-bond donors (Lipinski definition) is 1. The number of aryl methyl sites for hydroxylation is 1. The van der Waals surface area contributed by atoms with Crippen LogP contribution in [-0.4, -0.2) is 35.7 Å². The number of nitrogens with one attached hydrogen (secondary N) is 1. The molecule has 1 aliphatic heterocycles. The zero-order chi connectivity index (χ0) is 11.4. The second-order valence-electron chi connectivity index (χ2n) is 4.55. The average molecular weight is 223 g/mol. The van der Waals surface area contributed by atoms with Gasteiger partial charge >= 0.3 is 0 Å². The first-order chi connectivity index (χ1) is 7.79. The van der Waals surface area contributed by atoms with E-state index in [2.05, 4.69) is 22.3 Å². The Morgan fingerprint density at radius 1 is 1.62 bits per heavy atom. The molecule has 1 unspecified atom stereocenters. The highest BCUT2D eigenvalue weighted by atomic mass is 16.5. The highest BCUT2D eigenvalue weighted by Gasteiger charge is 2.22. The smallest absolute Gasteiger partial charge is 0.150 e. The maximum Gasteiger partial charge on any atom is 0.150 e. The molecule has 1 aliphatic rings. The van der Waals surface area contributed by atoms with Crippen molar-refractivity contribution >= 4 is 0 Å². The van der Waals surface area contributed by atoms with Gasteiger partial charge in [-0.3, -0.25) is 4.90 Å². The van der Waals surface area contributed by atoms with Gasteiger partial charge in [-0.25, -0.2) is 0 Å². The Morgan fingerprint density at radius 2 is 2.50 bits per heavy atom. The molecule has 0 amide bonds. The number of piperazine rings is 1. The lowest BCUT2D eigenvalue weighted by Crippen LogP contribution is -2.50. The minimum absolute atomic E-state index is 0.643. The highest BCUT2D eigenvalue weighted by Crippen LogP contribution is 2.14. The van der Waals surface area contributed by atoms with E-state index in [-0.39, 0.29) is 0 Å². The third-order valence-corrected chi connectivity index (χ3v) is 3.13. The lowest BCUT2D eigenvalue weighted by atomic mass is 10.1. The Bertz CT molecular complexity index is 322. The molecular weight excluding hydrogens is 202 g/mol. The van der Waals surface area contributed by atoms with Crippen LogP contribution in [0.3, 0.4) is 0 Å². The fraction of sp³-hybridized carbons (Fsp3) is 0.750. The van der Waals surface area contributed by atoms with E-state index in [1.54, 1.807) is 0 Å². The summed E-state index contributed by atoms with van der Waals surface area (Å²) in [4.78, 5) is 2.50. The largest absolute Gasteiger partial charge is 0.360 e. The number of nitrogens with zero attached hydrogens (tertiary/aromatic N) is 2. The molecule has 1 aromatic heterocycles. The van der Waals surface area contributed by atoms with Crippen molar-refractivity contribution in [3.63, 3.8) is 0 Å². The molecule has 0 radical (unpaired) electrons. The van der Waals surface area contributed by atoms with Gasteiger partial charge in [0.05, 0.1) is 12.2 Å². The Balaban J connectivity index is 1.95. The maximum absolute atomic E-state index is 5.28. The Kier molecular flexibility index (Phi) is 3.96. The van der Waals surface area contributed by atoms with Crippen molar-refractivity contribution in [1.29, 1.82) is 0 Å². The van der Waals surface area contributed by atoms with E-state index in [1.807, 2.05) is 13.0 Å². The van der Waals surface area contributed by atoms with Gasteiger partial charge in [-0.1, -0.05) is 18.5 Å². The topological polar surface area (TPSA) is 41.3 Å². The van der Waals surface area contributed by atoms with Gasteiger partial charge in [-0.05, 0) is 13.3 Å². The van der Waals surface area contributed by atoms with E-state index in [1.165, 1.54) is 12.8 Å². The second kappa shape index (κ2) is 5.46. The normalized spacial score (nSPS) is 22.5. The lowest BCUT2D eigenvalue weighted by molar-refractivity contribution is 0.130. The van der Waals surface area contributed by atoms with Gasteiger partial charge < -0.3 is 9.84 Å². The minimum atomic E-state index is 0.643. The van der Waals surface area contributed by atoms with E-state index < -0.39 is 0 Å². The van der Waals surface area contributed by atoms with Gasteiger partial charge in [-0.2, -0.15) is 0 Å². The van der Waals surface area contributed by atoms with Gasteiger partial charge in [0, 0.05) is 31.7 Å². The summed E-state index contributed by atoms with van der Waals surface area (Å²) in [5.74, 6) is 0.987. The quantitative estimate of drug-likeness (QED) is 0.841. The third kappa shape index (κ3) is 2.83. The minimum Gasteiger partial charge on any atom is -0.360 e. The molecule has 16 heavy (non-hydrogen) atoms. The van der Waals surface area contributed by atoms with E-state index in [0.29, 0.717) is 6.04 Å². The summed E-state index contributed by atoms with van der Waals surface area (Å²) in [7, 11) is 0. The van der Waals surface area contributed by atoms with E-state index >= 15 is 0 Å². The van der Waals surface area contributed by atoms with Gasteiger partial charge in [-0.15, -0.1) is 0 Å². The van der Waals surface area contributed by atoms with Crippen molar-refractivity contribution in [2.75, 3.05) is 19.6 Å². The van der Waals surface area contributed by atoms with E-state index in [4.69, 9.17) is 4.52 Å². The first-order valence-corrected chi connectivity index (χ1v) is 6.16. The lowest BCUT2D eigenvalue weighted by Gasteiger charge is -2.35. The van der Waals surface area contributed by atoms with Crippen LogP contribution in [0.2, 0.25) is 0 Å². The Hall–Kier alpha value is -0.870. The van der Waals surface area contributed by atoms with E-state index in [9.17, 15) is 0 Å². The summed E-state index contributed by atoms with van der Waals surface area (Å²) in [6.45, 7) is 8.38. The van der Waals surface area contributed by atoms with E-state index in [0.717, 1.165) is 37.6 Å². The van der Waals surface area contributed by atoms with Crippen molar-refractivity contribution < 1.29 is 4.52 Å². The molecular formula is C12H21N3O. The molecule has 90 valence electrons. The third-order valence-electron chi connectivity index (χ3n) is 3.13. The molecule has 0 aliphatic carbocycles. The second-order valence-corrected chi connectivity index (χ2v) is 4.55. The maximum atomic E-state index is 5.28.